The second kappa shape index (κ2) is 10.9. The SMILES string of the molecule is O=C(COc1ccc(Cl)cc1[C@@H]1c2sc(=O)[nH]c2S[C@@H]2[C@@H]3C[C@@H]([C@@H]4C(=O)N(c5ccc(Cl)cc5)C(=O)[C@@H]34)[C@H]12)N1CCOCC1. The molecule has 2 aromatic carbocycles. The number of thiazole rings is 1. The minimum absolute atomic E-state index is 0.00716. The maximum atomic E-state index is 14.0. The van der Waals surface area contributed by atoms with E-state index in [1.807, 2.05) is 6.07 Å². The molecule has 4 heterocycles. The van der Waals surface area contributed by atoms with Crippen LogP contribution in [0.1, 0.15) is 22.8 Å². The Labute approximate surface area is 270 Å². The number of amides is 3. The summed E-state index contributed by atoms with van der Waals surface area (Å²) in [7, 11) is 0. The van der Waals surface area contributed by atoms with Gasteiger partial charge in [0.05, 0.1) is 35.8 Å². The van der Waals surface area contributed by atoms with Gasteiger partial charge in [0.1, 0.15) is 5.75 Å². The molecule has 4 fully saturated rings. The lowest BCUT2D eigenvalue weighted by molar-refractivity contribution is -0.137. The maximum absolute atomic E-state index is 14.0. The first-order valence-electron chi connectivity index (χ1n) is 14.6. The molecule has 0 radical (unpaired) electrons. The second-order valence-electron chi connectivity index (χ2n) is 11.9. The van der Waals surface area contributed by atoms with Crippen molar-refractivity contribution in [1.29, 1.82) is 0 Å². The summed E-state index contributed by atoms with van der Waals surface area (Å²) in [6, 6.07) is 12.2. The molecular weight excluding hydrogens is 645 g/mol. The number of ether oxygens (including phenoxy) is 2. The van der Waals surface area contributed by atoms with Gasteiger partial charge in [-0.15, -0.1) is 11.8 Å². The number of halogens is 2. The van der Waals surface area contributed by atoms with E-state index < -0.39 is 11.8 Å². The van der Waals surface area contributed by atoms with Crippen molar-refractivity contribution >= 4 is 69.7 Å². The summed E-state index contributed by atoms with van der Waals surface area (Å²) < 4.78 is 11.6. The van der Waals surface area contributed by atoms with Crippen LogP contribution in [0.15, 0.2) is 52.3 Å². The Hall–Kier alpha value is -2.83. The van der Waals surface area contributed by atoms with E-state index in [0.29, 0.717) is 47.8 Å². The third-order valence-corrected chi connectivity index (χ3v) is 12.9. The summed E-state index contributed by atoms with van der Waals surface area (Å²) in [5.74, 6) is -1.24. The van der Waals surface area contributed by atoms with Crippen molar-refractivity contribution < 1.29 is 23.9 Å². The number of nitrogens with zero attached hydrogens (tertiary/aromatic N) is 2. The smallest absolute Gasteiger partial charge is 0.305 e. The first kappa shape index (κ1) is 28.6. The topological polar surface area (TPSA) is 109 Å². The molecule has 2 aliphatic carbocycles. The molecular formula is C31H27Cl2N3O6S2. The summed E-state index contributed by atoms with van der Waals surface area (Å²) in [6.45, 7) is 1.89. The van der Waals surface area contributed by atoms with Crippen molar-refractivity contribution in [2.24, 2.45) is 29.6 Å². The third kappa shape index (κ3) is 4.46. The predicted molar refractivity (Wildman–Crippen MR) is 167 cm³/mol. The van der Waals surface area contributed by atoms with E-state index in [4.69, 9.17) is 32.7 Å². The fraction of sp³-hybridized carbons (Fsp3) is 0.419. The van der Waals surface area contributed by atoms with Gasteiger partial charge < -0.3 is 19.4 Å². The van der Waals surface area contributed by atoms with Gasteiger partial charge in [-0.25, -0.2) is 0 Å². The highest BCUT2D eigenvalue weighted by Crippen LogP contribution is 2.69. The highest BCUT2D eigenvalue weighted by atomic mass is 35.5. The zero-order valence-corrected chi connectivity index (χ0v) is 26.4. The number of benzene rings is 2. The number of thioether (sulfide) groups is 1. The van der Waals surface area contributed by atoms with Crippen molar-refractivity contribution in [3.05, 3.63) is 72.6 Å². The molecule has 0 spiro atoms. The number of nitrogens with one attached hydrogen (secondary N) is 1. The zero-order chi connectivity index (χ0) is 30.3. The molecule has 1 aromatic heterocycles. The van der Waals surface area contributed by atoms with E-state index in [0.717, 1.165) is 33.2 Å². The van der Waals surface area contributed by atoms with Crippen LogP contribution in [0.5, 0.6) is 5.75 Å². The van der Waals surface area contributed by atoms with Crippen LogP contribution >= 0.6 is 46.3 Å². The molecule has 2 saturated heterocycles. The van der Waals surface area contributed by atoms with Crippen molar-refractivity contribution in [2.45, 2.75) is 22.6 Å². The summed E-state index contributed by atoms with van der Waals surface area (Å²) >= 11 is 15.4. The Bertz CT molecular complexity index is 1740. The van der Waals surface area contributed by atoms with Gasteiger partial charge in [-0.05, 0) is 66.6 Å². The van der Waals surface area contributed by atoms with Crippen molar-refractivity contribution in [3.8, 4) is 5.75 Å². The van der Waals surface area contributed by atoms with Gasteiger partial charge in [-0.1, -0.05) is 34.5 Å². The molecule has 228 valence electrons. The summed E-state index contributed by atoms with van der Waals surface area (Å²) in [4.78, 5) is 60.3. The van der Waals surface area contributed by atoms with E-state index in [1.54, 1.807) is 53.1 Å². The molecule has 7 atom stereocenters. The number of imide groups is 1. The average molecular weight is 673 g/mol. The third-order valence-electron chi connectivity index (χ3n) is 9.83. The van der Waals surface area contributed by atoms with Crippen LogP contribution < -0.4 is 14.5 Å². The minimum atomic E-state index is -0.448. The standard InChI is InChI=1S/C31H27Cl2N3O6S2/c32-14-1-4-16(5-2-14)36-29(38)24-18-12-19(25(24)30(36)39)26-23(18)22(27-28(43-26)34-31(40)44-27)17-11-15(33)3-6-20(17)42-13-21(37)35-7-9-41-10-8-35/h1-6,11,18-19,22-26H,7-10,12-13H2,(H,34,40)/t18-,19-,22+,23-,24+,25+,26-/m1/s1. The molecule has 3 amide bonds. The molecule has 8 rings (SSSR count). The highest BCUT2D eigenvalue weighted by molar-refractivity contribution is 8.00. The Balaban J connectivity index is 1.16. The van der Waals surface area contributed by atoms with Crippen molar-refractivity contribution in [2.75, 3.05) is 37.8 Å². The number of fused-ring (bicyclic) bond motifs is 9. The van der Waals surface area contributed by atoms with Crippen LogP contribution in [0.4, 0.5) is 5.69 Å². The van der Waals surface area contributed by atoms with Gasteiger partial charge in [0.2, 0.25) is 11.8 Å². The number of rotatable bonds is 5. The first-order chi connectivity index (χ1) is 21.3. The normalized spacial score (nSPS) is 30.4. The summed E-state index contributed by atoms with van der Waals surface area (Å²) in [5.41, 5.74) is 1.32. The summed E-state index contributed by atoms with van der Waals surface area (Å²) in [5, 5.41) is 1.84. The van der Waals surface area contributed by atoms with Crippen LogP contribution in [0.2, 0.25) is 10.0 Å². The number of aromatic amines is 1. The molecule has 2 saturated carbocycles. The van der Waals surface area contributed by atoms with Gasteiger partial charge in [0, 0.05) is 44.7 Å². The van der Waals surface area contributed by atoms with E-state index in [1.165, 1.54) is 4.90 Å². The predicted octanol–water partition coefficient (Wildman–Crippen LogP) is 4.66. The number of H-pyrrole nitrogens is 1. The molecule has 1 N–H and O–H groups in total. The number of hydrogen-bond donors (Lipinski definition) is 1. The number of hydrogen-bond acceptors (Lipinski definition) is 8. The minimum Gasteiger partial charge on any atom is -0.483 e. The largest absolute Gasteiger partial charge is 0.483 e. The molecule has 0 unspecified atom stereocenters. The Morgan fingerprint density at radius 1 is 0.977 bits per heavy atom. The molecule has 2 bridgehead atoms. The van der Waals surface area contributed by atoms with Gasteiger partial charge >= 0.3 is 4.87 Å². The van der Waals surface area contributed by atoms with Crippen LogP contribution in [0.3, 0.4) is 0 Å². The van der Waals surface area contributed by atoms with Crippen LogP contribution in [0.25, 0.3) is 0 Å². The second-order valence-corrected chi connectivity index (χ2v) is 15.0. The fourth-order valence-corrected chi connectivity index (χ4v) is 11.3. The van der Waals surface area contributed by atoms with E-state index in [9.17, 15) is 19.2 Å². The Morgan fingerprint density at radius 2 is 1.68 bits per heavy atom. The van der Waals surface area contributed by atoms with E-state index in [2.05, 4.69) is 4.98 Å². The molecule has 3 aromatic rings. The van der Waals surface area contributed by atoms with Crippen molar-refractivity contribution in [1.82, 2.24) is 9.88 Å². The summed E-state index contributed by atoms with van der Waals surface area (Å²) in [6.07, 6.45) is 0.756. The number of anilines is 1. The quantitative estimate of drug-likeness (QED) is 0.393. The number of aromatic nitrogens is 1. The van der Waals surface area contributed by atoms with Gasteiger partial charge in [-0.3, -0.25) is 24.1 Å². The lowest BCUT2D eigenvalue weighted by Crippen LogP contribution is -2.43. The lowest BCUT2D eigenvalue weighted by Gasteiger charge is -2.43. The number of carbonyl (C=O) groups excluding carboxylic acids is 3. The van der Waals surface area contributed by atoms with Gasteiger partial charge in [-0.2, -0.15) is 0 Å². The molecule has 5 aliphatic rings. The molecule has 9 nitrogen and oxygen atoms in total. The first-order valence-corrected chi connectivity index (χ1v) is 17.1. The van der Waals surface area contributed by atoms with Crippen molar-refractivity contribution in [3.63, 3.8) is 0 Å². The van der Waals surface area contributed by atoms with Crippen LogP contribution in [-0.4, -0.2) is 65.8 Å². The zero-order valence-electron chi connectivity index (χ0n) is 23.2. The molecule has 44 heavy (non-hydrogen) atoms. The molecule has 13 heteroatoms. The highest BCUT2D eigenvalue weighted by Gasteiger charge is 2.69. The number of morpholine rings is 1. The lowest BCUT2D eigenvalue weighted by atomic mass is 9.68. The van der Waals surface area contributed by atoms with Gasteiger partial charge in [0.15, 0.2) is 6.61 Å². The Morgan fingerprint density at radius 3 is 2.43 bits per heavy atom. The fourth-order valence-electron chi connectivity index (χ4n) is 8.15. The number of carbonyl (C=O) groups is 3. The van der Waals surface area contributed by atoms with Crippen LogP contribution in [0, 0.1) is 29.6 Å². The van der Waals surface area contributed by atoms with E-state index >= 15 is 0 Å². The monoisotopic (exact) mass is 671 g/mol. The van der Waals surface area contributed by atoms with Gasteiger partial charge in [0.25, 0.3) is 5.91 Å². The average Bonchev–Trinajstić information content (AvgIpc) is 3.76. The Kier molecular flexibility index (Phi) is 7.10. The molecule has 3 aliphatic heterocycles. The van der Waals surface area contributed by atoms with E-state index in [-0.39, 0.29) is 58.1 Å². The maximum Gasteiger partial charge on any atom is 0.305 e. The van der Waals surface area contributed by atoms with Crippen LogP contribution in [-0.2, 0) is 19.1 Å².